The minimum atomic E-state index is 0.0322. The average molecular weight is 346 g/mol. The van der Waals surface area contributed by atoms with Crippen molar-refractivity contribution >= 4 is 5.97 Å². The molecule has 2 spiro atoms. The molecule has 25 heavy (non-hydrogen) atoms. The maximum absolute atomic E-state index is 12.6. The minimum Gasteiger partial charge on any atom is -0.462 e. The molecule has 0 aromatic heterocycles. The van der Waals surface area contributed by atoms with Gasteiger partial charge in [0.1, 0.15) is 6.10 Å². The number of ether oxygens (including phenoxy) is 1. The van der Waals surface area contributed by atoms with Crippen molar-refractivity contribution in [2.45, 2.75) is 81.4 Å². The molecule has 0 bridgehead atoms. The van der Waals surface area contributed by atoms with Gasteiger partial charge in [-0.15, -0.1) is 0 Å². The lowest BCUT2D eigenvalue weighted by Gasteiger charge is -2.43. The van der Waals surface area contributed by atoms with Crippen molar-refractivity contribution in [1.29, 1.82) is 0 Å². The normalized spacial score (nSPS) is 40.5. The molecule has 0 unspecified atom stereocenters. The average Bonchev–Trinajstić information content (AvgIpc) is 2.66. The molecule has 2 fully saturated rings. The molecule has 4 rings (SSSR count). The van der Waals surface area contributed by atoms with Gasteiger partial charge in [0, 0.05) is 23.5 Å². The number of esters is 1. The third kappa shape index (κ3) is 3.70. The molecule has 0 aromatic carbocycles. The molecule has 0 atom stereocenters. The Balaban J connectivity index is 1.23. The number of hydrogen-bond donors (Lipinski definition) is 4. The van der Waals surface area contributed by atoms with Crippen molar-refractivity contribution in [1.82, 2.24) is 21.7 Å². The van der Waals surface area contributed by atoms with Gasteiger partial charge in [0.2, 0.25) is 0 Å². The smallest absolute Gasteiger partial charge is 0.309 e. The van der Waals surface area contributed by atoms with E-state index in [1.165, 1.54) is 0 Å². The quantitative estimate of drug-likeness (QED) is 0.574. The van der Waals surface area contributed by atoms with Gasteiger partial charge in [-0.3, -0.25) is 4.79 Å². The third-order valence-electron chi connectivity index (χ3n) is 6.54. The number of nitrogens with one attached hydrogen (secondary N) is 4. The van der Waals surface area contributed by atoms with Crippen molar-refractivity contribution < 1.29 is 9.53 Å². The van der Waals surface area contributed by atoms with Crippen LogP contribution in [0.4, 0.5) is 0 Å². The molecule has 0 saturated heterocycles. The SMILES string of the molecule is O=C(OC1CCC2(CC=CNN2)CC1)C1CCC2(CC=CNN2)CC1. The predicted molar refractivity (Wildman–Crippen MR) is 95.8 cm³/mol. The highest BCUT2D eigenvalue weighted by atomic mass is 16.5. The van der Waals surface area contributed by atoms with Crippen molar-refractivity contribution in [3.05, 3.63) is 24.6 Å². The van der Waals surface area contributed by atoms with E-state index < -0.39 is 0 Å². The Morgan fingerprint density at radius 3 is 1.84 bits per heavy atom. The molecule has 2 heterocycles. The second-order valence-corrected chi connectivity index (χ2v) is 8.22. The van der Waals surface area contributed by atoms with E-state index in [-0.39, 0.29) is 29.1 Å². The standard InChI is InChI=1S/C19H30N4O2/c24-17(15-3-9-18(10-4-15)7-1-13-20-22-18)25-16-5-11-19(12-6-16)8-2-14-21-23-19/h1-2,13-16,20-23H,3-12H2. The molecule has 2 aliphatic carbocycles. The van der Waals surface area contributed by atoms with Crippen LogP contribution < -0.4 is 21.7 Å². The largest absolute Gasteiger partial charge is 0.462 e. The number of hydrogen-bond acceptors (Lipinski definition) is 6. The van der Waals surface area contributed by atoms with Crippen LogP contribution in [0, 0.1) is 5.92 Å². The molecule has 4 aliphatic rings. The molecular weight excluding hydrogens is 316 g/mol. The highest BCUT2D eigenvalue weighted by Crippen LogP contribution is 2.37. The van der Waals surface area contributed by atoms with E-state index >= 15 is 0 Å². The Labute approximate surface area is 149 Å². The van der Waals surface area contributed by atoms with Gasteiger partial charge in [-0.05, 0) is 64.2 Å². The maximum atomic E-state index is 12.6. The Morgan fingerprint density at radius 1 is 0.840 bits per heavy atom. The summed E-state index contributed by atoms with van der Waals surface area (Å²) in [7, 11) is 0. The van der Waals surface area contributed by atoms with Gasteiger partial charge < -0.3 is 15.6 Å². The van der Waals surface area contributed by atoms with Crippen LogP contribution in [0.3, 0.4) is 0 Å². The number of hydrazine groups is 2. The molecule has 0 amide bonds. The maximum Gasteiger partial charge on any atom is 0.309 e. The van der Waals surface area contributed by atoms with E-state index in [9.17, 15) is 4.79 Å². The zero-order valence-electron chi connectivity index (χ0n) is 14.9. The van der Waals surface area contributed by atoms with E-state index in [1.54, 1.807) is 0 Å². The van der Waals surface area contributed by atoms with Crippen molar-refractivity contribution in [3.63, 3.8) is 0 Å². The summed E-state index contributed by atoms with van der Waals surface area (Å²) in [4.78, 5) is 12.6. The lowest BCUT2D eigenvalue weighted by Crippen LogP contribution is -2.55. The van der Waals surface area contributed by atoms with Gasteiger partial charge in [0.25, 0.3) is 0 Å². The van der Waals surface area contributed by atoms with E-state index in [4.69, 9.17) is 4.74 Å². The van der Waals surface area contributed by atoms with Crippen molar-refractivity contribution in [2.75, 3.05) is 0 Å². The zero-order chi connectivity index (χ0) is 17.2. The van der Waals surface area contributed by atoms with Gasteiger partial charge in [0.15, 0.2) is 0 Å². The molecule has 0 radical (unpaired) electrons. The topological polar surface area (TPSA) is 74.4 Å². The highest BCUT2D eigenvalue weighted by Gasteiger charge is 2.40. The second kappa shape index (κ2) is 7.00. The highest BCUT2D eigenvalue weighted by molar-refractivity contribution is 5.72. The Kier molecular flexibility index (Phi) is 4.73. The monoisotopic (exact) mass is 346 g/mol. The first-order valence-corrected chi connectivity index (χ1v) is 9.75. The summed E-state index contributed by atoms with van der Waals surface area (Å²) in [6, 6.07) is 0. The molecule has 0 aromatic rings. The Bertz CT molecular complexity index is 544. The van der Waals surface area contributed by atoms with Gasteiger partial charge >= 0.3 is 5.97 Å². The summed E-state index contributed by atoms with van der Waals surface area (Å²) in [6.45, 7) is 0. The van der Waals surface area contributed by atoms with E-state index in [2.05, 4.69) is 33.9 Å². The van der Waals surface area contributed by atoms with Crippen LogP contribution >= 0.6 is 0 Å². The minimum absolute atomic E-state index is 0.0322. The number of carbonyl (C=O) groups excluding carboxylic acids is 1. The van der Waals surface area contributed by atoms with Crippen LogP contribution in [0.15, 0.2) is 24.6 Å². The van der Waals surface area contributed by atoms with Gasteiger partial charge in [-0.1, -0.05) is 12.2 Å². The number of rotatable bonds is 2. The Hall–Kier alpha value is -1.53. The lowest BCUT2D eigenvalue weighted by molar-refractivity contribution is -0.158. The summed E-state index contributed by atoms with van der Waals surface area (Å²) in [6.07, 6.45) is 18.4. The fourth-order valence-electron chi connectivity index (χ4n) is 4.77. The summed E-state index contributed by atoms with van der Waals surface area (Å²) in [5.74, 6) is 0.108. The summed E-state index contributed by atoms with van der Waals surface area (Å²) < 4.78 is 5.89. The van der Waals surface area contributed by atoms with E-state index in [0.717, 1.165) is 64.2 Å². The first-order chi connectivity index (χ1) is 12.2. The van der Waals surface area contributed by atoms with Gasteiger partial charge in [-0.2, -0.15) is 0 Å². The van der Waals surface area contributed by atoms with Crippen LogP contribution in [0.2, 0.25) is 0 Å². The summed E-state index contributed by atoms with van der Waals surface area (Å²) >= 11 is 0. The van der Waals surface area contributed by atoms with Crippen LogP contribution in [-0.2, 0) is 9.53 Å². The third-order valence-corrected chi connectivity index (χ3v) is 6.54. The van der Waals surface area contributed by atoms with Crippen LogP contribution in [0.25, 0.3) is 0 Å². The van der Waals surface area contributed by atoms with E-state index in [1.807, 2.05) is 12.4 Å². The first-order valence-electron chi connectivity index (χ1n) is 9.75. The fourth-order valence-corrected chi connectivity index (χ4v) is 4.77. The fraction of sp³-hybridized carbons (Fsp3) is 0.737. The number of carbonyl (C=O) groups is 1. The van der Waals surface area contributed by atoms with Crippen LogP contribution in [0.5, 0.6) is 0 Å². The molecule has 6 heteroatoms. The van der Waals surface area contributed by atoms with Crippen LogP contribution in [0.1, 0.15) is 64.2 Å². The van der Waals surface area contributed by atoms with Crippen LogP contribution in [-0.4, -0.2) is 23.2 Å². The van der Waals surface area contributed by atoms with Crippen molar-refractivity contribution in [2.24, 2.45) is 5.92 Å². The molecule has 2 saturated carbocycles. The lowest BCUT2D eigenvalue weighted by atomic mass is 9.74. The summed E-state index contributed by atoms with van der Waals surface area (Å²) in [5.41, 5.74) is 13.3. The molecule has 2 aliphatic heterocycles. The summed E-state index contributed by atoms with van der Waals surface area (Å²) in [5, 5.41) is 0. The van der Waals surface area contributed by atoms with E-state index in [0.29, 0.717) is 0 Å². The molecular formula is C19H30N4O2. The van der Waals surface area contributed by atoms with Crippen molar-refractivity contribution in [3.8, 4) is 0 Å². The second-order valence-electron chi connectivity index (χ2n) is 8.22. The zero-order valence-corrected chi connectivity index (χ0v) is 14.9. The molecule has 4 N–H and O–H groups in total. The van der Waals surface area contributed by atoms with Gasteiger partial charge in [0.05, 0.1) is 5.92 Å². The van der Waals surface area contributed by atoms with Gasteiger partial charge in [-0.25, -0.2) is 10.9 Å². The Morgan fingerprint density at radius 2 is 1.36 bits per heavy atom. The molecule has 6 nitrogen and oxygen atoms in total. The molecule has 138 valence electrons. The first kappa shape index (κ1) is 16.9. The predicted octanol–water partition coefficient (Wildman–Crippen LogP) is 2.16.